The summed E-state index contributed by atoms with van der Waals surface area (Å²) in [6.07, 6.45) is 1.33. The Kier molecular flexibility index (Phi) is 5.81. The van der Waals surface area contributed by atoms with Gasteiger partial charge in [-0.25, -0.2) is 9.82 Å². The quantitative estimate of drug-likeness (QED) is 0.377. The molecule has 3 aromatic rings. The van der Waals surface area contributed by atoms with E-state index in [1.165, 1.54) is 48.7 Å². The highest BCUT2D eigenvalue weighted by atomic mass is 35.5. The molecule has 9 heteroatoms. The third kappa shape index (κ3) is 4.80. The minimum atomic E-state index is -0.526. The molecule has 28 heavy (non-hydrogen) atoms. The van der Waals surface area contributed by atoms with Crippen molar-refractivity contribution in [3.05, 3.63) is 86.9 Å². The van der Waals surface area contributed by atoms with E-state index in [1.807, 2.05) is 0 Å². The van der Waals surface area contributed by atoms with Crippen LogP contribution in [0.3, 0.4) is 0 Å². The van der Waals surface area contributed by atoms with Crippen molar-refractivity contribution in [2.24, 2.45) is 5.10 Å². The fourth-order valence-electron chi connectivity index (χ4n) is 2.38. The van der Waals surface area contributed by atoms with Crippen molar-refractivity contribution >= 4 is 29.4 Å². The maximum Gasteiger partial charge on any atom is 0.270 e. The number of furan rings is 1. The van der Waals surface area contributed by atoms with Crippen LogP contribution in [0, 0.1) is 15.9 Å². The van der Waals surface area contributed by atoms with Gasteiger partial charge in [-0.05, 0) is 35.9 Å². The van der Waals surface area contributed by atoms with E-state index in [-0.39, 0.29) is 23.8 Å². The Morgan fingerprint density at radius 3 is 2.68 bits per heavy atom. The first kappa shape index (κ1) is 19.2. The van der Waals surface area contributed by atoms with Crippen LogP contribution in [0.25, 0.3) is 11.3 Å². The molecule has 0 fully saturated rings. The number of hydrogen-bond donors (Lipinski definition) is 1. The first-order valence-corrected chi connectivity index (χ1v) is 8.40. The molecule has 3 rings (SSSR count). The number of nitrogens with zero attached hydrogens (tertiary/aromatic N) is 2. The highest BCUT2D eigenvalue weighted by Gasteiger charge is 2.14. The van der Waals surface area contributed by atoms with Gasteiger partial charge in [0.1, 0.15) is 17.3 Å². The van der Waals surface area contributed by atoms with Crippen LogP contribution in [-0.4, -0.2) is 17.0 Å². The molecule has 0 atom stereocenters. The van der Waals surface area contributed by atoms with Gasteiger partial charge in [-0.3, -0.25) is 14.9 Å². The van der Waals surface area contributed by atoms with Crippen LogP contribution >= 0.6 is 11.6 Å². The predicted molar refractivity (Wildman–Crippen MR) is 102 cm³/mol. The fourth-order valence-corrected chi connectivity index (χ4v) is 2.59. The van der Waals surface area contributed by atoms with E-state index in [4.69, 9.17) is 16.0 Å². The molecule has 142 valence electrons. The molecule has 0 spiro atoms. The highest BCUT2D eigenvalue weighted by Crippen LogP contribution is 2.32. The van der Waals surface area contributed by atoms with Crippen LogP contribution < -0.4 is 5.43 Å². The third-order valence-corrected chi connectivity index (χ3v) is 4.04. The molecule has 1 aromatic heterocycles. The Hall–Kier alpha value is -3.52. The number of amides is 1. The molecular formula is C19H13ClFN3O4. The maximum atomic E-state index is 12.8. The number of hydrogen-bond acceptors (Lipinski definition) is 5. The Morgan fingerprint density at radius 2 is 1.96 bits per heavy atom. The second kappa shape index (κ2) is 8.45. The van der Waals surface area contributed by atoms with Crippen LogP contribution in [0.15, 0.2) is 64.1 Å². The lowest BCUT2D eigenvalue weighted by molar-refractivity contribution is -0.384. The lowest BCUT2D eigenvalue weighted by Gasteiger charge is -2.01. The Bertz CT molecular complexity index is 1050. The van der Waals surface area contributed by atoms with Gasteiger partial charge >= 0.3 is 0 Å². The number of carbonyl (C=O) groups is 1. The van der Waals surface area contributed by atoms with E-state index in [0.29, 0.717) is 27.7 Å². The summed E-state index contributed by atoms with van der Waals surface area (Å²) >= 11 is 6.08. The summed E-state index contributed by atoms with van der Waals surface area (Å²) in [6.45, 7) is 0. The molecule has 1 heterocycles. The maximum absolute atomic E-state index is 12.8. The lowest BCUT2D eigenvalue weighted by atomic mass is 10.1. The summed E-state index contributed by atoms with van der Waals surface area (Å²) in [5, 5.41) is 15.0. The number of benzene rings is 2. The number of nitro benzene ring substituents is 1. The smallest absolute Gasteiger partial charge is 0.270 e. The average molecular weight is 402 g/mol. The molecule has 0 aliphatic rings. The zero-order valence-electron chi connectivity index (χ0n) is 14.3. The number of rotatable bonds is 6. The van der Waals surface area contributed by atoms with Gasteiger partial charge in [0.2, 0.25) is 5.91 Å². The molecular weight excluding hydrogens is 389 g/mol. The molecule has 0 saturated carbocycles. The molecule has 0 aliphatic heterocycles. The van der Waals surface area contributed by atoms with Gasteiger partial charge in [-0.2, -0.15) is 5.10 Å². The Labute approximate surface area is 163 Å². The van der Waals surface area contributed by atoms with Gasteiger partial charge in [-0.1, -0.05) is 23.7 Å². The second-order valence-corrected chi connectivity index (χ2v) is 6.13. The van der Waals surface area contributed by atoms with E-state index in [2.05, 4.69) is 10.5 Å². The van der Waals surface area contributed by atoms with Gasteiger partial charge < -0.3 is 4.42 Å². The minimum absolute atomic E-state index is 0.0459. The van der Waals surface area contributed by atoms with Gasteiger partial charge in [0, 0.05) is 17.7 Å². The lowest BCUT2D eigenvalue weighted by Crippen LogP contribution is -2.19. The number of non-ortho nitro benzene ring substituents is 1. The van der Waals surface area contributed by atoms with Crippen molar-refractivity contribution in [3.63, 3.8) is 0 Å². The molecule has 7 nitrogen and oxygen atoms in total. The summed E-state index contributed by atoms with van der Waals surface area (Å²) in [5.74, 6) is -0.108. The number of hydrazone groups is 1. The van der Waals surface area contributed by atoms with E-state index in [0.717, 1.165) is 0 Å². The molecule has 1 amide bonds. The standard InChI is InChI=1S/C19H13ClFN3O4/c20-17-7-5-14(24(26)27)10-16(17)18-8-6-15(28-18)11-22-23-19(25)9-12-1-3-13(21)4-2-12/h1-8,10-11H,9H2,(H,23,25)/b22-11+. The van der Waals surface area contributed by atoms with Crippen molar-refractivity contribution in [1.29, 1.82) is 0 Å². The summed E-state index contributed by atoms with van der Waals surface area (Å²) in [5.41, 5.74) is 3.25. The Morgan fingerprint density at radius 1 is 1.21 bits per heavy atom. The zero-order chi connectivity index (χ0) is 20.1. The molecule has 1 N–H and O–H groups in total. The third-order valence-electron chi connectivity index (χ3n) is 3.71. The molecule has 0 radical (unpaired) electrons. The van der Waals surface area contributed by atoms with E-state index in [9.17, 15) is 19.3 Å². The van der Waals surface area contributed by atoms with Crippen LogP contribution in [0.5, 0.6) is 0 Å². The average Bonchev–Trinajstić information content (AvgIpc) is 3.12. The zero-order valence-corrected chi connectivity index (χ0v) is 15.0. The molecule has 2 aromatic carbocycles. The first-order valence-electron chi connectivity index (χ1n) is 8.03. The molecule has 0 saturated heterocycles. The highest BCUT2D eigenvalue weighted by molar-refractivity contribution is 6.33. The van der Waals surface area contributed by atoms with Gasteiger partial charge in [0.25, 0.3) is 5.69 Å². The second-order valence-electron chi connectivity index (χ2n) is 5.72. The van der Waals surface area contributed by atoms with Crippen LogP contribution in [0.4, 0.5) is 10.1 Å². The Balaban J connectivity index is 1.64. The summed E-state index contributed by atoms with van der Waals surface area (Å²) in [4.78, 5) is 22.2. The SMILES string of the molecule is O=C(Cc1ccc(F)cc1)N/N=C/c1ccc(-c2cc([N+](=O)[O-])ccc2Cl)o1. The fraction of sp³-hybridized carbons (Fsp3) is 0.0526. The van der Waals surface area contributed by atoms with E-state index >= 15 is 0 Å². The van der Waals surface area contributed by atoms with Crippen LogP contribution in [-0.2, 0) is 11.2 Å². The van der Waals surface area contributed by atoms with Crippen molar-refractivity contribution in [3.8, 4) is 11.3 Å². The number of nitro groups is 1. The molecule has 0 bridgehead atoms. The summed E-state index contributed by atoms with van der Waals surface area (Å²) in [7, 11) is 0. The van der Waals surface area contributed by atoms with Crippen molar-refractivity contribution in [1.82, 2.24) is 5.43 Å². The van der Waals surface area contributed by atoms with Crippen LogP contribution in [0.1, 0.15) is 11.3 Å². The largest absolute Gasteiger partial charge is 0.455 e. The van der Waals surface area contributed by atoms with Gasteiger partial charge in [0.05, 0.1) is 22.6 Å². The normalized spacial score (nSPS) is 10.9. The number of halogens is 2. The molecule has 0 aliphatic carbocycles. The summed E-state index contributed by atoms with van der Waals surface area (Å²) in [6, 6.07) is 12.8. The number of carbonyl (C=O) groups excluding carboxylic acids is 1. The van der Waals surface area contributed by atoms with Crippen molar-refractivity contribution < 1.29 is 18.5 Å². The topological polar surface area (TPSA) is 97.7 Å². The molecule has 0 unspecified atom stereocenters. The van der Waals surface area contributed by atoms with Crippen molar-refractivity contribution in [2.75, 3.05) is 0 Å². The first-order chi connectivity index (χ1) is 13.4. The van der Waals surface area contributed by atoms with E-state index in [1.54, 1.807) is 12.1 Å². The predicted octanol–water partition coefficient (Wildman–Crippen LogP) is 4.34. The summed E-state index contributed by atoms with van der Waals surface area (Å²) < 4.78 is 18.4. The van der Waals surface area contributed by atoms with E-state index < -0.39 is 4.92 Å². The minimum Gasteiger partial charge on any atom is -0.455 e. The van der Waals surface area contributed by atoms with Crippen LogP contribution in [0.2, 0.25) is 5.02 Å². The van der Waals surface area contributed by atoms with Crippen molar-refractivity contribution in [2.45, 2.75) is 6.42 Å². The van der Waals surface area contributed by atoms with Gasteiger partial charge in [-0.15, -0.1) is 0 Å². The number of nitrogens with one attached hydrogen (secondary N) is 1. The van der Waals surface area contributed by atoms with Gasteiger partial charge in [0.15, 0.2) is 0 Å². The monoisotopic (exact) mass is 401 g/mol.